The molecule has 0 amide bonds. The second-order valence-corrected chi connectivity index (χ2v) is 5.73. The van der Waals surface area contributed by atoms with Gasteiger partial charge in [-0.05, 0) is 32.0 Å². The molecule has 88 valence electrons. The monoisotopic (exact) mass is 302 g/mol. The summed E-state index contributed by atoms with van der Waals surface area (Å²) in [4.78, 5) is 2.37. The first kappa shape index (κ1) is 12.2. The third-order valence-corrected chi connectivity index (χ3v) is 3.79. The van der Waals surface area contributed by atoms with Gasteiger partial charge in [0.2, 0.25) is 0 Å². The van der Waals surface area contributed by atoms with E-state index in [9.17, 15) is 0 Å². The Kier molecular flexibility index (Phi) is 3.77. The summed E-state index contributed by atoms with van der Waals surface area (Å²) in [6.07, 6.45) is 0. The smallest absolute Gasteiger partial charge is 0.0640 e. The van der Waals surface area contributed by atoms with Gasteiger partial charge in [0, 0.05) is 29.6 Å². The first-order valence-electron chi connectivity index (χ1n) is 5.53. The quantitative estimate of drug-likeness (QED) is 0.856. The summed E-state index contributed by atoms with van der Waals surface area (Å²) < 4.78 is 1.07. The summed E-state index contributed by atoms with van der Waals surface area (Å²) >= 11 is 9.76. The summed E-state index contributed by atoms with van der Waals surface area (Å²) in [5.74, 6) is 0. The zero-order valence-corrected chi connectivity index (χ0v) is 11.8. The largest absolute Gasteiger partial charge is 0.365 e. The van der Waals surface area contributed by atoms with Crippen molar-refractivity contribution in [2.24, 2.45) is 0 Å². The van der Waals surface area contributed by atoms with Gasteiger partial charge in [-0.1, -0.05) is 27.5 Å². The predicted octanol–water partition coefficient (Wildman–Crippen LogP) is 3.29. The molecule has 0 aliphatic carbocycles. The van der Waals surface area contributed by atoms with Crippen LogP contribution in [-0.2, 0) is 0 Å². The molecule has 1 N–H and O–H groups in total. The third kappa shape index (κ3) is 2.53. The number of halogens is 2. The van der Waals surface area contributed by atoms with Crippen LogP contribution in [0.4, 0.5) is 5.69 Å². The van der Waals surface area contributed by atoms with Crippen LogP contribution < -0.4 is 10.2 Å². The van der Waals surface area contributed by atoms with Gasteiger partial charge in [0.05, 0.1) is 10.7 Å². The van der Waals surface area contributed by atoms with E-state index in [0.717, 1.165) is 28.3 Å². The number of hydrogen-bond acceptors (Lipinski definition) is 2. The van der Waals surface area contributed by atoms with Crippen LogP contribution in [0.15, 0.2) is 22.7 Å². The van der Waals surface area contributed by atoms with Crippen LogP contribution in [0, 0.1) is 0 Å². The SMILES string of the molecule is CC1CN(c2cc(Br)ccc2Cl)C(C)CN1. The lowest BCUT2D eigenvalue weighted by atomic mass is 10.1. The Hall–Kier alpha value is -0.250. The average Bonchev–Trinajstić information content (AvgIpc) is 2.25. The Morgan fingerprint density at radius 1 is 1.44 bits per heavy atom. The minimum atomic E-state index is 0.475. The highest BCUT2D eigenvalue weighted by molar-refractivity contribution is 9.10. The number of anilines is 1. The molecular weight excluding hydrogens is 288 g/mol. The molecule has 0 spiro atoms. The standard InChI is InChI=1S/C12H16BrClN2/c1-8-7-16(9(2)6-15-8)12-5-10(13)3-4-11(12)14/h3-5,8-9,15H,6-7H2,1-2H3. The number of piperazine rings is 1. The third-order valence-electron chi connectivity index (χ3n) is 2.98. The van der Waals surface area contributed by atoms with Crippen molar-refractivity contribution in [2.75, 3.05) is 18.0 Å². The Morgan fingerprint density at radius 3 is 2.94 bits per heavy atom. The van der Waals surface area contributed by atoms with E-state index >= 15 is 0 Å². The van der Waals surface area contributed by atoms with Crippen LogP contribution >= 0.6 is 27.5 Å². The Balaban J connectivity index is 2.30. The molecule has 0 radical (unpaired) electrons. The molecule has 1 aliphatic heterocycles. The normalized spacial score (nSPS) is 25.9. The maximum absolute atomic E-state index is 6.26. The number of nitrogens with one attached hydrogen (secondary N) is 1. The zero-order chi connectivity index (χ0) is 11.7. The highest BCUT2D eigenvalue weighted by atomic mass is 79.9. The second kappa shape index (κ2) is 4.94. The average molecular weight is 304 g/mol. The fraction of sp³-hybridized carbons (Fsp3) is 0.500. The predicted molar refractivity (Wildman–Crippen MR) is 73.4 cm³/mol. The van der Waals surface area contributed by atoms with Crippen molar-refractivity contribution in [1.82, 2.24) is 5.32 Å². The summed E-state index contributed by atoms with van der Waals surface area (Å²) in [5.41, 5.74) is 1.12. The lowest BCUT2D eigenvalue weighted by Crippen LogP contribution is -2.54. The topological polar surface area (TPSA) is 15.3 Å². The molecule has 0 bridgehead atoms. The lowest BCUT2D eigenvalue weighted by molar-refractivity contribution is 0.425. The first-order chi connectivity index (χ1) is 7.58. The Labute approximate surface area is 110 Å². The Bertz CT molecular complexity index is 383. The van der Waals surface area contributed by atoms with Gasteiger partial charge in [0.15, 0.2) is 0 Å². The lowest BCUT2D eigenvalue weighted by Gasteiger charge is -2.39. The van der Waals surface area contributed by atoms with Crippen molar-refractivity contribution in [3.05, 3.63) is 27.7 Å². The minimum absolute atomic E-state index is 0.475. The molecule has 1 aromatic rings. The van der Waals surface area contributed by atoms with Gasteiger partial charge >= 0.3 is 0 Å². The summed E-state index contributed by atoms with van der Waals surface area (Å²) in [5, 5.41) is 4.29. The molecule has 4 heteroatoms. The van der Waals surface area contributed by atoms with E-state index in [2.05, 4.69) is 46.1 Å². The highest BCUT2D eigenvalue weighted by Crippen LogP contribution is 2.31. The van der Waals surface area contributed by atoms with E-state index in [4.69, 9.17) is 11.6 Å². The molecule has 2 unspecified atom stereocenters. The maximum Gasteiger partial charge on any atom is 0.0640 e. The summed E-state index contributed by atoms with van der Waals surface area (Å²) in [6, 6.07) is 6.99. The molecule has 0 aromatic heterocycles. The fourth-order valence-electron chi connectivity index (χ4n) is 2.06. The number of rotatable bonds is 1. The molecule has 2 atom stereocenters. The van der Waals surface area contributed by atoms with E-state index in [-0.39, 0.29) is 0 Å². The van der Waals surface area contributed by atoms with Crippen molar-refractivity contribution in [3.63, 3.8) is 0 Å². The summed E-state index contributed by atoms with van der Waals surface area (Å²) in [6.45, 7) is 6.42. The number of hydrogen-bond donors (Lipinski definition) is 1. The number of nitrogens with zero attached hydrogens (tertiary/aromatic N) is 1. The molecule has 2 rings (SSSR count). The van der Waals surface area contributed by atoms with Crippen LogP contribution in [0.5, 0.6) is 0 Å². The molecule has 1 fully saturated rings. The van der Waals surface area contributed by atoms with Crippen LogP contribution in [0.1, 0.15) is 13.8 Å². The molecule has 1 aromatic carbocycles. The van der Waals surface area contributed by atoms with Gasteiger partial charge in [0.25, 0.3) is 0 Å². The van der Waals surface area contributed by atoms with E-state index in [1.807, 2.05) is 12.1 Å². The zero-order valence-electron chi connectivity index (χ0n) is 9.50. The van der Waals surface area contributed by atoms with E-state index in [0.29, 0.717) is 12.1 Å². The van der Waals surface area contributed by atoms with Gasteiger partial charge in [0.1, 0.15) is 0 Å². The van der Waals surface area contributed by atoms with Crippen molar-refractivity contribution in [1.29, 1.82) is 0 Å². The molecule has 1 heterocycles. The van der Waals surface area contributed by atoms with Crippen molar-refractivity contribution < 1.29 is 0 Å². The van der Waals surface area contributed by atoms with Gasteiger partial charge in [-0.25, -0.2) is 0 Å². The summed E-state index contributed by atoms with van der Waals surface area (Å²) in [7, 11) is 0. The minimum Gasteiger partial charge on any atom is -0.365 e. The van der Waals surface area contributed by atoms with Crippen LogP contribution in [-0.4, -0.2) is 25.2 Å². The van der Waals surface area contributed by atoms with Crippen molar-refractivity contribution in [3.8, 4) is 0 Å². The Morgan fingerprint density at radius 2 is 2.19 bits per heavy atom. The van der Waals surface area contributed by atoms with E-state index in [1.54, 1.807) is 0 Å². The van der Waals surface area contributed by atoms with Crippen LogP contribution in [0.3, 0.4) is 0 Å². The first-order valence-corrected chi connectivity index (χ1v) is 6.70. The van der Waals surface area contributed by atoms with Crippen molar-refractivity contribution in [2.45, 2.75) is 25.9 Å². The highest BCUT2D eigenvalue weighted by Gasteiger charge is 2.24. The van der Waals surface area contributed by atoms with Gasteiger partial charge in [-0.3, -0.25) is 0 Å². The second-order valence-electron chi connectivity index (χ2n) is 4.41. The molecule has 2 nitrogen and oxygen atoms in total. The van der Waals surface area contributed by atoms with Crippen molar-refractivity contribution >= 4 is 33.2 Å². The number of benzene rings is 1. The van der Waals surface area contributed by atoms with E-state index < -0.39 is 0 Å². The maximum atomic E-state index is 6.26. The molecule has 16 heavy (non-hydrogen) atoms. The van der Waals surface area contributed by atoms with Gasteiger partial charge < -0.3 is 10.2 Å². The van der Waals surface area contributed by atoms with Crippen LogP contribution in [0.25, 0.3) is 0 Å². The van der Waals surface area contributed by atoms with Crippen LogP contribution in [0.2, 0.25) is 5.02 Å². The fourth-order valence-corrected chi connectivity index (χ4v) is 2.64. The molecule has 1 saturated heterocycles. The van der Waals surface area contributed by atoms with Gasteiger partial charge in [-0.2, -0.15) is 0 Å². The van der Waals surface area contributed by atoms with Gasteiger partial charge in [-0.15, -0.1) is 0 Å². The molecule has 1 aliphatic rings. The van der Waals surface area contributed by atoms with E-state index in [1.165, 1.54) is 0 Å². The molecular formula is C12H16BrClN2. The molecule has 0 saturated carbocycles.